The maximum Gasteiger partial charge on any atom is 0.343 e. The number of halogens is 2. The molecule has 0 saturated carbocycles. The van der Waals surface area contributed by atoms with E-state index in [0.29, 0.717) is 11.3 Å². The van der Waals surface area contributed by atoms with Crippen molar-refractivity contribution < 1.29 is 13.9 Å². The number of fused-ring (bicyclic) bond motifs is 1. The second-order valence-corrected chi connectivity index (χ2v) is 5.29. The molecule has 0 aliphatic carbocycles. The Hall–Kier alpha value is -2.20. The van der Waals surface area contributed by atoms with Crippen LogP contribution in [0.2, 0.25) is 0 Å². The lowest BCUT2D eigenvalue weighted by molar-refractivity contribution is 0.0734. The maximum atomic E-state index is 12.9. The van der Waals surface area contributed by atoms with Crippen LogP contribution in [0.1, 0.15) is 10.4 Å². The smallest absolute Gasteiger partial charge is 0.343 e. The van der Waals surface area contributed by atoms with Gasteiger partial charge in [0.1, 0.15) is 11.6 Å². The molecule has 0 aliphatic rings. The Kier molecular flexibility index (Phi) is 3.71. The van der Waals surface area contributed by atoms with Gasteiger partial charge >= 0.3 is 5.97 Å². The summed E-state index contributed by atoms with van der Waals surface area (Å²) in [6.45, 7) is 0. The van der Waals surface area contributed by atoms with Crippen molar-refractivity contribution in [2.24, 2.45) is 0 Å². The molecule has 0 atom stereocenters. The molecule has 0 aliphatic heterocycles. The Balaban J connectivity index is 1.93. The first-order valence-corrected chi connectivity index (χ1v) is 7.09. The first kappa shape index (κ1) is 13.8. The van der Waals surface area contributed by atoms with E-state index < -0.39 is 11.8 Å². The summed E-state index contributed by atoms with van der Waals surface area (Å²) >= 11 is 3.46. The van der Waals surface area contributed by atoms with Gasteiger partial charge in [0.2, 0.25) is 0 Å². The standard InChI is InChI=1S/C17H10BrFO2/c18-16-14-4-2-1-3-11(14)7-10-15(16)21-17(20)12-5-8-13(19)9-6-12/h1-10H. The van der Waals surface area contributed by atoms with Gasteiger partial charge in [-0.15, -0.1) is 0 Å². The largest absolute Gasteiger partial charge is 0.422 e. The number of ether oxygens (including phenoxy) is 1. The lowest BCUT2D eigenvalue weighted by atomic mass is 10.1. The fourth-order valence-electron chi connectivity index (χ4n) is 2.04. The third-order valence-corrected chi connectivity index (χ3v) is 3.93. The van der Waals surface area contributed by atoms with E-state index in [1.165, 1.54) is 24.3 Å². The van der Waals surface area contributed by atoms with Crippen molar-refractivity contribution in [1.82, 2.24) is 0 Å². The Labute approximate surface area is 129 Å². The van der Waals surface area contributed by atoms with Crippen LogP contribution in [0.4, 0.5) is 4.39 Å². The fourth-order valence-corrected chi connectivity index (χ4v) is 2.61. The Morgan fingerprint density at radius 2 is 1.67 bits per heavy atom. The number of rotatable bonds is 2. The molecule has 3 rings (SSSR count). The van der Waals surface area contributed by atoms with Crippen molar-refractivity contribution >= 4 is 32.7 Å². The summed E-state index contributed by atoms with van der Waals surface area (Å²) in [4.78, 5) is 12.0. The van der Waals surface area contributed by atoms with Gasteiger partial charge in [-0.2, -0.15) is 0 Å². The lowest BCUT2D eigenvalue weighted by Crippen LogP contribution is -2.08. The summed E-state index contributed by atoms with van der Waals surface area (Å²) in [5, 5.41) is 2.01. The average Bonchev–Trinajstić information content (AvgIpc) is 2.51. The molecule has 3 aromatic rings. The summed E-state index contributed by atoms with van der Waals surface area (Å²) in [6.07, 6.45) is 0. The molecule has 4 heteroatoms. The van der Waals surface area contributed by atoms with Crippen LogP contribution in [0.5, 0.6) is 5.75 Å². The van der Waals surface area contributed by atoms with E-state index in [4.69, 9.17) is 4.74 Å². The van der Waals surface area contributed by atoms with Crippen molar-refractivity contribution in [2.75, 3.05) is 0 Å². The monoisotopic (exact) mass is 344 g/mol. The zero-order valence-corrected chi connectivity index (χ0v) is 12.4. The summed E-state index contributed by atoms with van der Waals surface area (Å²) in [5.74, 6) is -0.479. The van der Waals surface area contributed by atoms with Gasteiger partial charge in [-0.1, -0.05) is 30.3 Å². The van der Waals surface area contributed by atoms with Crippen molar-refractivity contribution in [3.8, 4) is 5.75 Å². The number of hydrogen-bond acceptors (Lipinski definition) is 2. The topological polar surface area (TPSA) is 26.3 Å². The van der Waals surface area contributed by atoms with Gasteiger partial charge in [0, 0.05) is 0 Å². The van der Waals surface area contributed by atoms with Crippen LogP contribution in [0.3, 0.4) is 0 Å². The van der Waals surface area contributed by atoms with Crippen LogP contribution in [0.25, 0.3) is 10.8 Å². The molecule has 0 fully saturated rings. The van der Waals surface area contributed by atoms with Crippen LogP contribution in [0.15, 0.2) is 65.1 Å². The molecule has 0 spiro atoms. The number of carbonyl (C=O) groups excluding carboxylic acids is 1. The first-order valence-electron chi connectivity index (χ1n) is 6.30. The second-order valence-electron chi connectivity index (χ2n) is 4.50. The van der Waals surface area contributed by atoms with Gasteiger partial charge in [0.05, 0.1) is 10.0 Å². The normalized spacial score (nSPS) is 10.6. The molecule has 2 nitrogen and oxygen atoms in total. The predicted molar refractivity (Wildman–Crippen MR) is 83.0 cm³/mol. The summed E-state index contributed by atoms with van der Waals surface area (Å²) in [5.41, 5.74) is 0.302. The molecule has 104 valence electrons. The molecule has 0 N–H and O–H groups in total. The summed E-state index contributed by atoms with van der Waals surface area (Å²) < 4.78 is 18.9. The minimum absolute atomic E-state index is 0.302. The van der Waals surface area contributed by atoms with Crippen LogP contribution in [-0.2, 0) is 0 Å². The number of carbonyl (C=O) groups is 1. The number of esters is 1. The molecular formula is C17H10BrFO2. The highest BCUT2D eigenvalue weighted by Gasteiger charge is 2.12. The minimum Gasteiger partial charge on any atom is -0.422 e. The SMILES string of the molecule is O=C(Oc1ccc2ccccc2c1Br)c1ccc(F)cc1. The van der Waals surface area contributed by atoms with Gasteiger partial charge in [-0.05, 0) is 57.0 Å². The number of benzene rings is 3. The third-order valence-electron chi connectivity index (χ3n) is 3.11. The summed E-state index contributed by atoms with van der Waals surface area (Å²) in [7, 11) is 0. The van der Waals surface area contributed by atoms with Gasteiger partial charge in [-0.25, -0.2) is 9.18 Å². The first-order chi connectivity index (χ1) is 10.1. The zero-order valence-electron chi connectivity index (χ0n) is 10.8. The van der Waals surface area contributed by atoms with Crippen LogP contribution < -0.4 is 4.74 Å². The van der Waals surface area contributed by atoms with Crippen molar-refractivity contribution in [3.63, 3.8) is 0 Å². The molecule has 21 heavy (non-hydrogen) atoms. The van der Waals surface area contributed by atoms with Crippen LogP contribution in [-0.4, -0.2) is 5.97 Å². The van der Waals surface area contributed by atoms with Crippen molar-refractivity contribution in [2.45, 2.75) is 0 Å². The van der Waals surface area contributed by atoms with E-state index >= 15 is 0 Å². The lowest BCUT2D eigenvalue weighted by Gasteiger charge is -2.09. The maximum absolute atomic E-state index is 12.9. The predicted octanol–water partition coefficient (Wildman–Crippen LogP) is 4.96. The quantitative estimate of drug-likeness (QED) is 0.485. The van der Waals surface area contributed by atoms with E-state index in [2.05, 4.69) is 15.9 Å². The van der Waals surface area contributed by atoms with E-state index in [9.17, 15) is 9.18 Å². The molecule has 0 bridgehead atoms. The molecule has 3 aromatic carbocycles. The molecule has 0 radical (unpaired) electrons. The van der Waals surface area contributed by atoms with Crippen LogP contribution >= 0.6 is 15.9 Å². The second kappa shape index (κ2) is 5.66. The third kappa shape index (κ3) is 2.81. The average molecular weight is 345 g/mol. The minimum atomic E-state index is -0.522. The van der Waals surface area contributed by atoms with Crippen LogP contribution in [0, 0.1) is 5.82 Å². The molecule has 0 saturated heterocycles. The highest BCUT2D eigenvalue weighted by Crippen LogP contribution is 2.33. The van der Waals surface area contributed by atoms with E-state index in [-0.39, 0.29) is 0 Å². The van der Waals surface area contributed by atoms with Gasteiger partial charge in [0.15, 0.2) is 0 Å². The Morgan fingerprint density at radius 3 is 2.43 bits per heavy atom. The zero-order chi connectivity index (χ0) is 14.8. The Bertz CT molecular complexity index is 813. The molecule has 0 unspecified atom stereocenters. The van der Waals surface area contributed by atoms with E-state index in [1.807, 2.05) is 30.3 Å². The molecule has 0 amide bonds. The van der Waals surface area contributed by atoms with Gasteiger partial charge in [-0.3, -0.25) is 0 Å². The molecule has 0 heterocycles. The van der Waals surface area contributed by atoms with Crippen molar-refractivity contribution in [1.29, 1.82) is 0 Å². The fraction of sp³-hybridized carbons (Fsp3) is 0. The molecule has 0 aromatic heterocycles. The van der Waals surface area contributed by atoms with Gasteiger partial charge in [0.25, 0.3) is 0 Å². The van der Waals surface area contributed by atoms with Crippen molar-refractivity contribution in [3.05, 3.63) is 76.5 Å². The van der Waals surface area contributed by atoms with E-state index in [0.717, 1.165) is 15.2 Å². The highest BCUT2D eigenvalue weighted by molar-refractivity contribution is 9.10. The summed E-state index contributed by atoms with van der Waals surface area (Å²) in [6, 6.07) is 16.6. The highest BCUT2D eigenvalue weighted by atomic mass is 79.9. The number of hydrogen-bond donors (Lipinski definition) is 0. The Morgan fingerprint density at radius 1 is 0.952 bits per heavy atom. The van der Waals surface area contributed by atoms with Gasteiger partial charge < -0.3 is 4.74 Å². The molecular weight excluding hydrogens is 335 g/mol. The van der Waals surface area contributed by atoms with E-state index in [1.54, 1.807) is 6.07 Å².